The molecule has 1 saturated heterocycles. The largest absolute Gasteiger partial charge is 0.368 e. The van der Waals surface area contributed by atoms with Crippen LogP contribution in [0.15, 0.2) is 35.7 Å². The molecule has 2 aliphatic rings. The third kappa shape index (κ3) is 7.38. The first kappa shape index (κ1) is 27.7. The molecule has 2 bridgehead atoms. The number of carbonyl (C=O) groups is 4. The smallest absolute Gasteiger partial charge is 0.270 e. The van der Waals surface area contributed by atoms with E-state index in [2.05, 4.69) is 26.3 Å². The number of nitrogens with one attached hydrogen (secondary N) is 4. The summed E-state index contributed by atoms with van der Waals surface area (Å²) in [5, 5.41) is 13.9. The van der Waals surface area contributed by atoms with Gasteiger partial charge >= 0.3 is 0 Å². The predicted octanol–water partition coefficient (Wildman–Crippen LogP) is 2.02. The number of benzene rings is 1. The van der Waals surface area contributed by atoms with Crippen molar-refractivity contribution in [2.45, 2.75) is 76.1 Å². The minimum absolute atomic E-state index is 0.281. The number of amides is 4. The highest BCUT2D eigenvalue weighted by atomic mass is 32.1. The summed E-state index contributed by atoms with van der Waals surface area (Å²) in [6.07, 6.45) is 3.29. The zero-order valence-corrected chi connectivity index (χ0v) is 22.4. The van der Waals surface area contributed by atoms with Gasteiger partial charge in [-0.3, -0.25) is 19.2 Å². The van der Waals surface area contributed by atoms with Gasteiger partial charge in [0.25, 0.3) is 5.91 Å². The summed E-state index contributed by atoms with van der Waals surface area (Å²) in [5.74, 6) is -1.36. The SMILES string of the molecule is CC[C@H]1NC(=O)[C@@H](NC(=O)[C@H]2CCCO2)CCCCNC(=O)c2csc(n2)[C@H](Cc2ccccc2)NC1=O. The molecule has 0 radical (unpaired) electrons. The lowest BCUT2D eigenvalue weighted by atomic mass is 10.0. The van der Waals surface area contributed by atoms with Crippen molar-refractivity contribution < 1.29 is 23.9 Å². The van der Waals surface area contributed by atoms with E-state index in [9.17, 15) is 19.2 Å². The molecule has 2 aliphatic heterocycles. The van der Waals surface area contributed by atoms with Crippen molar-refractivity contribution in [1.82, 2.24) is 26.3 Å². The van der Waals surface area contributed by atoms with Gasteiger partial charge in [-0.15, -0.1) is 11.3 Å². The predicted molar refractivity (Wildman–Crippen MR) is 142 cm³/mol. The summed E-state index contributed by atoms with van der Waals surface area (Å²) >= 11 is 1.32. The molecule has 0 unspecified atom stereocenters. The Bertz CT molecular complexity index is 1120. The molecule has 0 aliphatic carbocycles. The highest BCUT2D eigenvalue weighted by molar-refractivity contribution is 7.09. The van der Waals surface area contributed by atoms with E-state index in [1.54, 1.807) is 5.38 Å². The number of rotatable bonds is 5. The normalized spacial score (nSPS) is 25.2. The van der Waals surface area contributed by atoms with Crippen molar-refractivity contribution >= 4 is 35.0 Å². The molecule has 4 rings (SSSR count). The Morgan fingerprint density at radius 2 is 1.84 bits per heavy atom. The van der Waals surface area contributed by atoms with Gasteiger partial charge < -0.3 is 26.0 Å². The van der Waals surface area contributed by atoms with E-state index >= 15 is 0 Å². The highest BCUT2D eigenvalue weighted by Gasteiger charge is 2.31. The Labute approximate surface area is 226 Å². The van der Waals surface area contributed by atoms with Gasteiger partial charge in [-0.1, -0.05) is 37.3 Å². The average molecular weight is 542 g/mol. The molecule has 2 aromatic rings. The number of ether oxygens (including phenoxy) is 1. The van der Waals surface area contributed by atoms with Gasteiger partial charge in [-0.25, -0.2) is 4.98 Å². The van der Waals surface area contributed by atoms with E-state index in [-0.39, 0.29) is 17.7 Å². The summed E-state index contributed by atoms with van der Waals surface area (Å²) < 4.78 is 5.47. The molecule has 4 atom stereocenters. The van der Waals surface area contributed by atoms with Crippen LogP contribution in [-0.2, 0) is 25.5 Å². The van der Waals surface area contributed by atoms with Crippen LogP contribution in [-0.4, -0.2) is 60.0 Å². The maximum absolute atomic E-state index is 13.4. The minimum atomic E-state index is -0.809. The molecular weight excluding hydrogens is 506 g/mol. The van der Waals surface area contributed by atoms with Gasteiger partial charge in [-0.05, 0) is 50.5 Å². The fourth-order valence-corrected chi connectivity index (χ4v) is 5.43. The average Bonchev–Trinajstić information content (AvgIpc) is 3.63. The van der Waals surface area contributed by atoms with E-state index < -0.39 is 30.1 Å². The maximum atomic E-state index is 13.4. The Morgan fingerprint density at radius 1 is 1.05 bits per heavy atom. The van der Waals surface area contributed by atoms with E-state index in [0.29, 0.717) is 62.4 Å². The van der Waals surface area contributed by atoms with Crippen LogP contribution in [0, 0.1) is 0 Å². The second kappa shape index (κ2) is 13.5. The second-order valence-corrected chi connectivity index (χ2v) is 10.5. The third-order valence-corrected chi connectivity index (χ3v) is 7.71. The number of aromatic nitrogens is 1. The molecular formula is C27H35N5O5S. The van der Waals surface area contributed by atoms with Crippen molar-refractivity contribution in [2.75, 3.05) is 13.2 Å². The number of carbonyl (C=O) groups excluding carboxylic acids is 4. The number of nitrogens with zero attached hydrogens (tertiary/aromatic N) is 1. The number of thiazole rings is 1. The maximum Gasteiger partial charge on any atom is 0.270 e. The number of fused-ring (bicyclic) bond motifs is 2. The van der Waals surface area contributed by atoms with Crippen LogP contribution in [0.25, 0.3) is 0 Å². The van der Waals surface area contributed by atoms with Gasteiger partial charge in [0.05, 0.1) is 6.04 Å². The fourth-order valence-electron chi connectivity index (χ4n) is 4.58. The lowest BCUT2D eigenvalue weighted by Gasteiger charge is -2.25. The highest BCUT2D eigenvalue weighted by Crippen LogP contribution is 2.23. The first-order valence-corrected chi connectivity index (χ1v) is 14.1. The van der Waals surface area contributed by atoms with Crippen LogP contribution in [0.3, 0.4) is 0 Å². The fraction of sp³-hybridized carbons (Fsp3) is 0.519. The standard InChI is InChI=1S/C27H35N5O5S/c1-2-18-24(34)31-20(15-17-9-4-3-5-10-17)27-32-21(16-38-27)23(33)28-13-7-6-11-19(25(35)29-18)30-26(36)22-12-8-14-37-22/h3-5,9-10,16,18-20,22H,2,6-8,11-15H2,1H3,(H,28,33)(H,29,35)(H,30,36)(H,31,34)/t18-,19+,20+,22-/m1/s1. The van der Waals surface area contributed by atoms with Crippen LogP contribution in [0.2, 0.25) is 0 Å². The monoisotopic (exact) mass is 541 g/mol. The van der Waals surface area contributed by atoms with Gasteiger partial charge in [-0.2, -0.15) is 0 Å². The Hall–Kier alpha value is -3.31. The van der Waals surface area contributed by atoms with Crippen LogP contribution in [0.4, 0.5) is 0 Å². The van der Waals surface area contributed by atoms with Crippen molar-refractivity contribution in [1.29, 1.82) is 0 Å². The lowest BCUT2D eigenvalue weighted by molar-refractivity contribution is -0.135. The molecule has 4 N–H and O–H groups in total. The summed E-state index contributed by atoms with van der Waals surface area (Å²) in [6, 6.07) is 7.62. The van der Waals surface area contributed by atoms with Gasteiger partial charge in [0.2, 0.25) is 17.7 Å². The van der Waals surface area contributed by atoms with Gasteiger partial charge in [0.1, 0.15) is 28.9 Å². The Morgan fingerprint density at radius 3 is 2.58 bits per heavy atom. The van der Waals surface area contributed by atoms with Gasteiger partial charge in [0.15, 0.2) is 0 Å². The van der Waals surface area contributed by atoms with Crippen molar-refractivity contribution in [3.63, 3.8) is 0 Å². The molecule has 204 valence electrons. The zero-order valence-electron chi connectivity index (χ0n) is 21.5. The van der Waals surface area contributed by atoms with Crippen LogP contribution in [0.1, 0.15) is 72.6 Å². The van der Waals surface area contributed by atoms with Crippen LogP contribution >= 0.6 is 11.3 Å². The van der Waals surface area contributed by atoms with Crippen molar-refractivity contribution in [2.24, 2.45) is 0 Å². The second-order valence-electron chi connectivity index (χ2n) is 9.61. The van der Waals surface area contributed by atoms with E-state index in [0.717, 1.165) is 12.0 Å². The summed E-state index contributed by atoms with van der Waals surface area (Å²) in [7, 11) is 0. The Balaban J connectivity index is 1.55. The zero-order chi connectivity index (χ0) is 26.9. The lowest BCUT2D eigenvalue weighted by Crippen LogP contribution is -2.55. The molecule has 0 spiro atoms. The van der Waals surface area contributed by atoms with Crippen LogP contribution in [0.5, 0.6) is 0 Å². The van der Waals surface area contributed by atoms with Crippen molar-refractivity contribution in [3.05, 3.63) is 52.0 Å². The molecule has 1 aromatic heterocycles. The first-order chi connectivity index (χ1) is 18.4. The third-order valence-electron chi connectivity index (χ3n) is 6.75. The molecule has 1 fully saturated rings. The van der Waals surface area contributed by atoms with Crippen molar-refractivity contribution in [3.8, 4) is 0 Å². The molecule has 11 heteroatoms. The summed E-state index contributed by atoms with van der Waals surface area (Å²) in [5.41, 5.74) is 1.31. The summed E-state index contributed by atoms with van der Waals surface area (Å²) in [4.78, 5) is 56.5. The molecule has 1 aromatic carbocycles. The Kier molecular flexibility index (Phi) is 9.83. The van der Waals surface area contributed by atoms with Crippen LogP contribution < -0.4 is 21.3 Å². The van der Waals surface area contributed by atoms with E-state index in [4.69, 9.17) is 4.74 Å². The van der Waals surface area contributed by atoms with E-state index in [1.165, 1.54) is 11.3 Å². The van der Waals surface area contributed by atoms with Gasteiger partial charge in [0, 0.05) is 18.5 Å². The number of hydrogen-bond donors (Lipinski definition) is 4. The first-order valence-electron chi connectivity index (χ1n) is 13.2. The minimum Gasteiger partial charge on any atom is -0.368 e. The number of hydrogen-bond acceptors (Lipinski definition) is 7. The molecule has 4 amide bonds. The molecule has 3 heterocycles. The topological polar surface area (TPSA) is 139 Å². The van der Waals surface area contributed by atoms with E-state index in [1.807, 2.05) is 37.3 Å². The quantitative estimate of drug-likeness (QED) is 0.457. The molecule has 10 nitrogen and oxygen atoms in total. The molecule has 38 heavy (non-hydrogen) atoms. The molecule has 0 saturated carbocycles. The summed E-state index contributed by atoms with van der Waals surface area (Å²) in [6.45, 7) is 2.76.